The first-order valence-electron chi connectivity index (χ1n) is 10.1. The van der Waals surface area contributed by atoms with Crippen LogP contribution in [-0.2, 0) is 9.53 Å². The minimum absolute atomic E-state index is 0.0720. The van der Waals surface area contributed by atoms with E-state index in [0.717, 1.165) is 0 Å². The summed E-state index contributed by atoms with van der Waals surface area (Å²) in [6, 6.07) is 4.82. The molecule has 2 aromatic rings. The number of nitrogens with zero attached hydrogens (tertiary/aromatic N) is 2. The summed E-state index contributed by atoms with van der Waals surface area (Å²) in [5, 5.41) is 7.04. The van der Waals surface area contributed by atoms with Gasteiger partial charge in [0.25, 0.3) is 11.8 Å². The Labute approximate surface area is 183 Å². The molecule has 1 aromatic heterocycles. The van der Waals surface area contributed by atoms with Crippen LogP contribution in [0.1, 0.15) is 40.1 Å². The van der Waals surface area contributed by atoms with Crippen molar-refractivity contribution < 1.29 is 23.9 Å². The predicted octanol–water partition coefficient (Wildman–Crippen LogP) is 1.91. The third kappa shape index (κ3) is 4.54. The first-order valence-corrected chi connectivity index (χ1v) is 11.0. The Morgan fingerprint density at radius 1 is 1.32 bits per heavy atom. The molecule has 2 N–H and O–H groups in total. The van der Waals surface area contributed by atoms with Gasteiger partial charge in [-0.3, -0.25) is 14.4 Å². The fourth-order valence-electron chi connectivity index (χ4n) is 3.93. The van der Waals surface area contributed by atoms with Crippen LogP contribution in [0.2, 0.25) is 0 Å². The molecule has 3 amide bonds. The number of nitrogens with one attached hydrogen (secondary N) is 2. The highest BCUT2D eigenvalue weighted by atomic mass is 32.1. The van der Waals surface area contributed by atoms with Gasteiger partial charge < -0.3 is 25.0 Å². The normalized spacial score (nSPS) is 23.0. The number of benzene rings is 1. The van der Waals surface area contributed by atoms with Gasteiger partial charge in [0.2, 0.25) is 5.91 Å². The molecule has 1 saturated heterocycles. The standard InChI is InChI=1S/C21H24N4O5S/c1-22-19(26)8-13-4-5-16-18(30-13)9-29-17-6-3-12(7-14(17)21(28)25(16)2)24-20(27)15-10-31-11-23-15/h3,6-7,10-11,13,16,18H,4-5,8-9H2,1-2H3,(H,22,26)(H,24,27)/t13-,16+,18+/m0/s1. The van der Waals surface area contributed by atoms with E-state index in [2.05, 4.69) is 15.6 Å². The molecule has 3 heterocycles. The Balaban J connectivity index is 1.52. The van der Waals surface area contributed by atoms with Crippen LogP contribution in [0.4, 0.5) is 5.69 Å². The first kappa shape index (κ1) is 21.3. The smallest absolute Gasteiger partial charge is 0.275 e. The molecule has 4 rings (SSSR count). The fraction of sp³-hybridized carbons (Fsp3) is 0.429. The summed E-state index contributed by atoms with van der Waals surface area (Å²) in [4.78, 5) is 42.9. The lowest BCUT2D eigenvalue weighted by Gasteiger charge is -2.42. The molecule has 10 heteroatoms. The number of hydrogen-bond acceptors (Lipinski definition) is 7. The molecule has 0 radical (unpaired) electrons. The van der Waals surface area contributed by atoms with Gasteiger partial charge in [0.1, 0.15) is 24.2 Å². The molecule has 1 fully saturated rings. The Morgan fingerprint density at radius 3 is 2.90 bits per heavy atom. The van der Waals surface area contributed by atoms with Gasteiger partial charge in [0, 0.05) is 25.2 Å². The van der Waals surface area contributed by atoms with Crippen LogP contribution in [0.15, 0.2) is 29.1 Å². The van der Waals surface area contributed by atoms with Crippen molar-refractivity contribution in [2.24, 2.45) is 0 Å². The second-order valence-corrected chi connectivity index (χ2v) is 8.30. The van der Waals surface area contributed by atoms with Crippen molar-refractivity contribution >= 4 is 34.7 Å². The summed E-state index contributed by atoms with van der Waals surface area (Å²) in [5.74, 6) is -0.185. The van der Waals surface area contributed by atoms with E-state index >= 15 is 0 Å². The molecule has 0 saturated carbocycles. The minimum atomic E-state index is -0.336. The maximum Gasteiger partial charge on any atom is 0.275 e. The zero-order valence-corrected chi connectivity index (χ0v) is 18.1. The van der Waals surface area contributed by atoms with Crippen molar-refractivity contribution in [3.63, 3.8) is 0 Å². The van der Waals surface area contributed by atoms with E-state index in [1.54, 1.807) is 48.1 Å². The molecule has 0 unspecified atom stereocenters. The molecule has 0 aliphatic carbocycles. The first-order chi connectivity index (χ1) is 15.0. The number of carbonyl (C=O) groups is 3. The lowest BCUT2D eigenvalue weighted by Crippen LogP contribution is -2.53. The van der Waals surface area contributed by atoms with Crippen molar-refractivity contribution in [1.82, 2.24) is 15.2 Å². The molecule has 0 bridgehead atoms. The van der Waals surface area contributed by atoms with E-state index in [1.807, 2.05) is 0 Å². The molecule has 2 aliphatic heterocycles. The monoisotopic (exact) mass is 444 g/mol. The maximum atomic E-state index is 13.2. The molecule has 31 heavy (non-hydrogen) atoms. The summed E-state index contributed by atoms with van der Waals surface area (Å²) >= 11 is 1.34. The molecule has 164 valence electrons. The molecule has 1 aromatic carbocycles. The van der Waals surface area contributed by atoms with Crippen LogP contribution in [0.5, 0.6) is 5.75 Å². The Kier molecular flexibility index (Phi) is 6.19. The quantitative estimate of drug-likeness (QED) is 0.746. The summed E-state index contributed by atoms with van der Waals surface area (Å²) < 4.78 is 12.0. The van der Waals surface area contributed by atoms with Crippen molar-refractivity contribution in [1.29, 1.82) is 0 Å². The second kappa shape index (κ2) is 9.03. The Bertz CT molecular complexity index is 980. The zero-order valence-electron chi connectivity index (χ0n) is 17.3. The molecule has 3 atom stereocenters. The minimum Gasteiger partial charge on any atom is -0.490 e. The van der Waals surface area contributed by atoms with Crippen molar-refractivity contribution in [2.75, 3.05) is 26.0 Å². The number of carbonyl (C=O) groups excluding carboxylic acids is 3. The van der Waals surface area contributed by atoms with E-state index < -0.39 is 0 Å². The van der Waals surface area contributed by atoms with E-state index in [1.165, 1.54) is 11.3 Å². The number of likely N-dealkylation sites (N-methyl/N-ethyl adjacent to an activating group) is 1. The van der Waals surface area contributed by atoms with Crippen LogP contribution >= 0.6 is 11.3 Å². The van der Waals surface area contributed by atoms with Crippen molar-refractivity contribution in [3.8, 4) is 5.75 Å². The topological polar surface area (TPSA) is 110 Å². The maximum absolute atomic E-state index is 13.2. The van der Waals surface area contributed by atoms with Crippen LogP contribution in [0.25, 0.3) is 0 Å². The second-order valence-electron chi connectivity index (χ2n) is 7.58. The zero-order chi connectivity index (χ0) is 22.0. The highest BCUT2D eigenvalue weighted by Crippen LogP contribution is 2.32. The van der Waals surface area contributed by atoms with Crippen LogP contribution < -0.4 is 15.4 Å². The van der Waals surface area contributed by atoms with E-state index in [4.69, 9.17) is 9.47 Å². The van der Waals surface area contributed by atoms with Crippen molar-refractivity contribution in [2.45, 2.75) is 37.5 Å². The number of rotatable bonds is 4. The average molecular weight is 445 g/mol. The average Bonchev–Trinajstić information content (AvgIpc) is 3.32. The highest BCUT2D eigenvalue weighted by Gasteiger charge is 2.39. The Morgan fingerprint density at radius 2 is 2.16 bits per heavy atom. The fourth-order valence-corrected chi connectivity index (χ4v) is 4.47. The van der Waals surface area contributed by atoms with Crippen molar-refractivity contribution in [3.05, 3.63) is 40.3 Å². The number of anilines is 1. The van der Waals surface area contributed by atoms with E-state index in [0.29, 0.717) is 35.5 Å². The third-order valence-electron chi connectivity index (χ3n) is 5.63. The predicted molar refractivity (Wildman–Crippen MR) is 114 cm³/mol. The number of thiazole rings is 1. The van der Waals surface area contributed by atoms with Gasteiger partial charge in [-0.1, -0.05) is 0 Å². The van der Waals surface area contributed by atoms with Gasteiger partial charge in [0.05, 0.1) is 29.6 Å². The Hall–Kier alpha value is -2.98. The molecule has 0 spiro atoms. The summed E-state index contributed by atoms with van der Waals surface area (Å²) in [6.45, 7) is 0.268. The van der Waals surface area contributed by atoms with E-state index in [9.17, 15) is 14.4 Å². The number of fused-ring (bicyclic) bond motifs is 2. The number of amides is 3. The van der Waals surface area contributed by atoms with Gasteiger partial charge in [-0.2, -0.15) is 0 Å². The highest BCUT2D eigenvalue weighted by molar-refractivity contribution is 7.07. The van der Waals surface area contributed by atoms with E-state index in [-0.39, 0.29) is 49.0 Å². The van der Waals surface area contributed by atoms with Gasteiger partial charge in [-0.25, -0.2) is 4.98 Å². The van der Waals surface area contributed by atoms with Gasteiger partial charge in [0.15, 0.2) is 0 Å². The lowest BCUT2D eigenvalue weighted by atomic mass is 9.94. The number of ether oxygens (including phenoxy) is 2. The molecule has 9 nitrogen and oxygen atoms in total. The van der Waals surface area contributed by atoms with Crippen LogP contribution in [0, 0.1) is 0 Å². The third-order valence-corrected chi connectivity index (χ3v) is 6.21. The SMILES string of the molecule is CNC(=O)C[C@@H]1CC[C@@H]2[C@@H](COc3ccc(NC(=O)c4cscn4)cc3C(=O)N2C)O1. The largest absolute Gasteiger partial charge is 0.490 e. The number of aromatic nitrogens is 1. The molecular formula is C21H24N4O5S. The van der Waals surface area contributed by atoms with Crippen LogP contribution in [-0.4, -0.2) is 66.6 Å². The van der Waals surface area contributed by atoms with Gasteiger partial charge >= 0.3 is 0 Å². The molecular weight excluding hydrogens is 420 g/mol. The summed E-state index contributed by atoms with van der Waals surface area (Å²) in [6.07, 6.45) is 1.16. The van der Waals surface area contributed by atoms with Crippen LogP contribution in [0.3, 0.4) is 0 Å². The van der Waals surface area contributed by atoms with Gasteiger partial charge in [-0.05, 0) is 31.0 Å². The van der Waals surface area contributed by atoms with Gasteiger partial charge in [-0.15, -0.1) is 11.3 Å². The summed E-state index contributed by atoms with van der Waals surface area (Å²) in [7, 11) is 3.35. The lowest BCUT2D eigenvalue weighted by molar-refractivity contribution is -0.133. The number of hydrogen-bond donors (Lipinski definition) is 2. The molecule has 2 aliphatic rings. The summed E-state index contributed by atoms with van der Waals surface area (Å²) in [5.41, 5.74) is 2.78.